The number of ether oxygens (including phenoxy) is 1. The fourth-order valence-corrected chi connectivity index (χ4v) is 4.39. The summed E-state index contributed by atoms with van der Waals surface area (Å²) in [5, 5.41) is -0.269. The number of furan rings is 1. The number of fused-ring (bicyclic) bond motifs is 1. The first-order valence-electron chi connectivity index (χ1n) is 8.35. The molecule has 27 heavy (non-hydrogen) atoms. The summed E-state index contributed by atoms with van der Waals surface area (Å²) in [4.78, 5) is 17.3. The van der Waals surface area contributed by atoms with Crippen molar-refractivity contribution in [3.05, 3.63) is 41.9 Å². The molecule has 142 valence electrons. The van der Waals surface area contributed by atoms with Crippen molar-refractivity contribution in [1.82, 2.24) is 13.9 Å². The minimum absolute atomic E-state index is 0.0911. The smallest absolute Gasteiger partial charge is 0.299 e. The molecule has 1 aliphatic heterocycles. The Balaban J connectivity index is 1.71. The van der Waals surface area contributed by atoms with Gasteiger partial charge in [0, 0.05) is 18.8 Å². The summed E-state index contributed by atoms with van der Waals surface area (Å²) in [5.74, 6) is -0.148. The number of nitrogen functional groups attached to an aromatic ring is 1. The van der Waals surface area contributed by atoms with Crippen molar-refractivity contribution in [3.63, 3.8) is 0 Å². The highest BCUT2D eigenvalue weighted by atomic mass is 32.2. The zero-order chi connectivity index (χ0) is 19.2. The van der Waals surface area contributed by atoms with Crippen molar-refractivity contribution in [2.75, 3.05) is 32.0 Å². The predicted octanol–water partition coefficient (Wildman–Crippen LogP) is 1.23. The Kier molecular flexibility index (Phi) is 4.25. The number of anilines is 1. The first-order chi connectivity index (χ1) is 12.9. The van der Waals surface area contributed by atoms with E-state index in [1.165, 1.54) is 21.0 Å². The van der Waals surface area contributed by atoms with Gasteiger partial charge in [0.1, 0.15) is 5.82 Å². The lowest BCUT2D eigenvalue weighted by Crippen LogP contribution is -2.40. The Morgan fingerprint density at radius 1 is 1.19 bits per heavy atom. The lowest BCUT2D eigenvalue weighted by Gasteiger charge is -2.24. The van der Waals surface area contributed by atoms with Crippen LogP contribution in [-0.2, 0) is 14.8 Å². The second-order valence-electron chi connectivity index (χ2n) is 6.18. The van der Waals surface area contributed by atoms with Crippen molar-refractivity contribution in [2.24, 2.45) is 0 Å². The van der Waals surface area contributed by atoms with Crippen molar-refractivity contribution in [1.29, 1.82) is 0 Å². The van der Waals surface area contributed by atoms with Crippen LogP contribution in [-0.4, -0.2) is 54.5 Å². The average Bonchev–Trinajstić information content (AvgIpc) is 3.26. The number of hydrogen-bond acceptors (Lipinski definition) is 7. The van der Waals surface area contributed by atoms with E-state index in [9.17, 15) is 13.2 Å². The van der Waals surface area contributed by atoms with Gasteiger partial charge in [-0.1, -0.05) is 0 Å². The summed E-state index contributed by atoms with van der Waals surface area (Å²) in [7, 11) is -3.81. The largest absolute Gasteiger partial charge is 0.438 e. The standard InChI is InChI=1S/C17H18N4O5S/c1-11-19-13-3-2-12(18)10-14(13)21(11)17(22)15-4-5-16(26-15)27(23,24)20-6-8-25-9-7-20/h2-5,10H,6-9,18H2,1H3. The molecule has 1 fully saturated rings. The van der Waals surface area contributed by atoms with Gasteiger partial charge in [-0.25, -0.2) is 13.4 Å². The number of aryl methyl sites for hydroxylation is 1. The summed E-state index contributed by atoms with van der Waals surface area (Å²) < 4.78 is 38.6. The number of carbonyl (C=O) groups is 1. The number of rotatable bonds is 3. The van der Waals surface area contributed by atoms with Crippen LogP contribution in [0.1, 0.15) is 16.4 Å². The molecule has 9 nitrogen and oxygen atoms in total. The van der Waals surface area contributed by atoms with Gasteiger partial charge in [0.2, 0.25) is 5.09 Å². The molecule has 10 heteroatoms. The van der Waals surface area contributed by atoms with Gasteiger partial charge in [-0.15, -0.1) is 0 Å². The van der Waals surface area contributed by atoms with Crippen molar-refractivity contribution >= 4 is 32.7 Å². The molecular weight excluding hydrogens is 372 g/mol. The molecule has 4 rings (SSSR count). The SMILES string of the molecule is Cc1nc2ccc(N)cc2n1C(=O)c1ccc(S(=O)(=O)N2CCOCC2)o1. The molecule has 3 heterocycles. The molecule has 0 spiro atoms. The molecule has 2 aromatic heterocycles. The van der Waals surface area contributed by atoms with Crippen molar-refractivity contribution in [3.8, 4) is 0 Å². The minimum Gasteiger partial charge on any atom is -0.438 e. The van der Waals surface area contributed by atoms with Crippen LogP contribution in [0, 0.1) is 6.92 Å². The predicted molar refractivity (Wildman–Crippen MR) is 96.9 cm³/mol. The Labute approximate surface area is 155 Å². The summed E-state index contributed by atoms with van der Waals surface area (Å²) in [6.45, 7) is 2.83. The molecule has 0 bridgehead atoms. The third kappa shape index (κ3) is 3.01. The van der Waals surface area contributed by atoms with E-state index in [-0.39, 0.29) is 23.9 Å². The fourth-order valence-electron chi connectivity index (χ4n) is 3.07. The molecular formula is C17H18N4O5S. The highest BCUT2D eigenvalue weighted by Gasteiger charge is 2.30. The van der Waals surface area contributed by atoms with Gasteiger partial charge in [0.15, 0.2) is 5.76 Å². The number of imidazole rings is 1. The molecule has 1 saturated heterocycles. The van der Waals surface area contributed by atoms with Crippen molar-refractivity contribution < 1.29 is 22.4 Å². The number of hydrogen-bond donors (Lipinski definition) is 1. The third-order valence-electron chi connectivity index (χ3n) is 4.41. The average molecular weight is 390 g/mol. The number of aromatic nitrogens is 2. The zero-order valence-corrected chi connectivity index (χ0v) is 15.4. The van der Waals surface area contributed by atoms with Crippen LogP contribution < -0.4 is 5.73 Å². The van der Waals surface area contributed by atoms with Gasteiger partial charge < -0.3 is 14.9 Å². The maximum atomic E-state index is 12.9. The van der Waals surface area contributed by atoms with Crippen molar-refractivity contribution in [2.45, 2.75) is 12.0 Å². The number of morpholine rings is 1. The molecule has 0 unspecified atom stereocenters. The summed E-state index contributed by atoms with van der Waals surface area (Å²) >= 11 is 0. The quantitative estimate of drug-likeness (QED) is 0.668. The van der Waals surface area contributed by atoms with E-state index in [1.807, 2.05) is 0 Å². The topological polar surface area (TPSA) is 121 Å². The Hall–Kier alpha value is -2.69. The lowest BCUT2D eigenvalue weighted by atomic mass is 10.3. The lowest BCUT2D eigenvalue weighted by molar-refractivity contribution is 0.0722. The van der Waals surface area contributed by atoms with Gasteiger partial charge in [-0.05, 0) is 37.3 Å². The van der Waals surface area contributed by atoms with Gasteiger partial charge in [0.05, 0.1) is 24.2 Å². The van der Waals surface area contributed by atoms with E-state index in [0.717, 1.165) is 0 Å². The van der Waals surface area contributed by atoms with E-state index in [4.69, 9.17) is 14.9 Å². The molecule has 0 amide bonds. The number of sulfonamides is 1. The summed E-state index contributed by atoms with van der Waals surface area (Å²) in [5.41, 5.74) is 7.45. The van der Waals surface area contributed by atoms with E-state index >= 15 is 0 Å². The number of nitrogens with two attached hydrogens (primary N) is 1. The maximum Gasteiger partial charge on any atom is 0.299 e. The van der Waals surface area contributed by atoms with Crippen LogP contribution in [0.3, 0.4) is 0 Å². The monoisotopic (exact) mass is 390 g/mol. The van der Waals surface area contributed by atoms with Crippen LogP contribution in [0.2, 0.25) is 0 Å². The molecule has 0 atom stereocenters. The molecule has 1 aliphatic rings. The Bertz CT molecular complexity index is 1130. The Morgan fingerprint density at radius 3 is 2.67 bits per heavy atom. The number of carbonyl (C=O) groups excluding carboxylic acids is 1. The van der Waals surface area contributed by atoms with Crippen LogP contribution in [0.25, 0.3) is 11.0 Å². The number of nitrogens with zero attached hydrogens (tertiary/aromatic N) is 3. The van der Waals surface area contributed by atoms with Gasteiger partial charge >= 0.3 is 0 Å². The summed E-state index contributed by atoms with van der Waals surface area (Å²) in [6, 6.07) is 7.71. The highest BCUT2D eigenvalue weighted by molar-refractivity contribution is 7.89. The normalized spacial score (nSPS) is 16.0. The minimum atomic E-state index is -3.81. The van der Waals surface area contributed by atoms with Gasteiger partial charge in [-0.2, -0.15) is 4.31 Å². The molecule has 0 radical (unpaired) electrons. The number of benzene rings is 1. The Morgan fingerprint density at radius 2 is 1.93 bits per heavy atom. The van der Waals surface area contributed by atoms with Crippen LogP contribution in [0.4, 0.5) is 5.69 Å². The second kappa shape index (κ2) is 6.48. The van der Waals surface area contributed by atoms with Crippen LogP contribution >= 0.6 is 0 Å². The second-order valence-corrected chi connectivity index (χ2v) is 8.05. The van der Waals surface area contributed by atoms with E-state index in [0.29, 0.717) is 35.8 Å². The fraction of sp³-hybridized carbons (Fsp3) is 0.294. The molecule has 0 saturated carbocycles. The van der Waals surface area contributed by atoms with E-state index in [2.05, 4.69) is 4.98 Å². The van der Waals surface area contributed by atoms with Crippen LogP contribution in [0.15, 0.2) is 39.8 Å². The van der Waals surface area contributed by atoms with E-state index in [1.54, 1.807) is 25.1 Å². The first kappa shape index (κ1) is 17.7. The zero-order valence-electron chi connectivity index (χ0n) is 14.6. The first-order valence-corrected chi connectivity index (χ1v) is 9.79. The van der Waals surface area contributed by atoms with Crippen LogP contribution in [0.5, 0.6) is 0 Å². The molecule has 2 N–H and O–H groups in total. The third-order valence-corrected chi connectivity index (χ3v) is 6.18. The molecule has 0 aliphatic carbocycles. The maximum absolute atomic E-state index is 12.9. The highest BCUT2D eigenvalue weighted by Crippen LogP contribution is 2.24. The summed E-state index contributed by atoms with van der Waals surface area (Å²) in [6.07, 6.45) is 0. The molecule has 1 aromatic carbocycles. The molecule has 3 aromatic rings. The van der Waals surface area contributed by atoms with E-state index < -0.39 is 15.9 Å². The van der Waals surface area contributed by atoms with Gasteiger partial charge in [0.25, 0.3) is 15.9 Å². The van der Waals surface area contributed by atoms with Gasteiger partial charge in [-0.3, -0.25) is 9.36 Å².